The van der Waals surface area contributed by atoms with E-state index in [1.54, 1.807) is 6.20 Å². The molecule has 1 aliphatic heterocycles. The molecule has 1 aromatic heterocycles. The number of aromatic nitrogens is 1. The van der Waals surface area contributed by atoms with E-state index in [9.17, 15) is 0 Å². The molecule has 1 fully saturated rings. The Balaban J connectivity index is 2.21. The zero-order chi connectivity index (χ0) is 10.2. The quantitative estimate of drug-likeness (QED) is 0.633. The van der Waals surface area contributed by atoms with Gasteiger partial charge in [-0.15, -0.1) is 0 Å². The molecule has 0 saturated carbocycles. The van der Waals surface area contributed by atoms with Crippen LogP contribution in [0.1, 0.15) is 27.1 Å². The second-order valence-electron chi connectivity index (χ2n) is 3.17. The van der Waals surface area contributed by atoms with Gasteiger partial charge in [-0.3, -0.25) is 9.88 Å². The highest BCUT2D eigenvalue weighted by atomic mass is 15.1. The summed E-state index contributed by atoms with van der Waals surface area (Å²) in [6.07, 6.45) is 3.07. The van der Waals surface area contributed by atoms with Gasteiger partial charge in [-0.1, -0.05) is 6.07 Å². The zero-order valence-electron chi connectivity index (χ0n) is 9.20. The first-order valence-electron chi connectivity index (χ1n) is 5.19. The van der Waals surface area contributed by atoms with Gasteiger partial charge in [-0.05, 0) is 38.0 Å². The molecule has 2 nitrogen and oxygen atoms in total. The minimum Gasteiger partial charge on any atom is -0.299 e. The van der Waals surface area contributed by atoms with Gasteiger partial charge in [-0.25, -0.2) is 0 Å². The summed E-state index contributed by atoms with van der Waals surface area (Å²) < 4.78 is 15.4. The molecule has 0 unspecified atom stereocenters. The van der Waals surface area contributed by atoms with Crippen LogP contribution in [0.25, 0.3) is 0 Å². The molecular weight excluding hydrogens is 148 g/mol. The van der Waals surface area contributed by atoms with Crippen LogP contribution in [0.5, 0.6) is 0 Å². The molecule has 1 saturated heterocycles. The molecule has 0 N–H and O–H groups in total. The number of rotatable bonds is 1. The van der Waals surface area contributed by atoms with E-state index in [2.05, 4.69) is 9.88 Å². The van der Waals surface area contributed by atoms with E-state index >= 15 is 0 Å². The summed E-state index contributed by atoms with van der Waals surface area (Å²) in [7, 11) is 1.96. The third-order valence-electron chi connectivity index (χ3n) is 2.30. The van der Waals surface area contributed by atoms with Crippen molar-refractivity contribution in [1.82, 2.24) is 9.88 Å². The first kappa shape index (κ1) is 5.70. The van der Waals surface area contributed by atoms with E-state index in [1.165, 1.54) is 0 Å². The summed E-state index contributed by atoms with van der Waals surface area (Å²) in [5.41, 5.74) is 1.11. The lowest BCUT2D eigenvalue weighted by Gasteiger charge is -2.18. The van der Waals surface area contributed by atoms with Crippen LogP contribution in [-0.2, 0) is 0 Å². The average Bonchev–Trinajstić information content (AvgIpc) is 2.41. The minimum atomic E-state index is -1.06. The maximum Gasteiger partial charge on any atom is 0.0360 e. The van der Waals surface area contributed by atoms with Crippen molar-refractivity contribution in [2.45, 2.75) is 18.8 Å². The fourth-order valence-electron chi connectivity index (χ4n) is 1.59. The zero-order valence-corrected chi connectivity index (χ0v) is 7.20. The predicted molar refractivity (Wildman–Crippen MR) is 48.8 cm³/mol. The normalized spacial score (nSPS) is 31.2. The number of hydrogen-bond donors (Lipinski definition) is 0. The van der Waals surface area contributed by atoms with E-state index < -0.39 is 6.37 Å². The standard InChI is InChI=1S/C10H14N2/c1-12-7-3-5-10(12)9-4-2-6-11-8-9/h2,4,6,8,10H,3,5,7H2,1H3/t10-/m1/s1/i3T2. The average molecular weight is 166 g/mol. The van der Waals surface area contributed by atoms with E-state index in [4.69, 9.17) is 2.74 Å². The monoisotopic (exact) mass is 166 g/mol. The van der Waals surface area contributed by atoms with Gasteiger partial charge in [0.25, 0.3) is 0 Å². The Labute approximate surface area is 76.0 Å². The van der Waals surface area contributed by atoms with Crippen molar-refractivity contribution in [1.29, 1.82) is 0 Å². The lowest BCUT2D eigenvalue weighted by molar-refractivity contribution is 0.317. The first-order valence-corrected chi connectivity index (χ1v) is 4.19. The van der Waals surface area contributed by atoms with Gasteiger partial charge in [0, 0.05) is 21.2 Å². The van der Waals surface area contributed by atoms with Gasteiger partial charge in [0.2, 0.25) is 0 Å². The Bertz CT molecular complexity index is 313. The number of nitrogens with zero attached hydrogens (tertiary/aromatic N) is 2. The summed E-state index contributed by atoms with van der Waals surface area (Å²) >= 11 is 0. The molecular formula is C10H14N2. The van der Waals surface area contributed by atoms with Gasteiger partial charge in [0.1, 0.15) is 0 Å². The Morgan fingerprint density at radius 2 is 2.67 bits per heavy atom. The summed E-state index contributed by atoms with van der Waals surface area (Å²) in [5.74, 6) is 0. The molecule has 0 aliphatic carbocycles. The van der Waals surface area contributed by atoms with Crippen LogP contribution < -0.4 is 0 Å². The molecule has 0 spiro atoms. The Kier molecular flexibility index (Phi) is 1.54. The van der Waals surface area contributed by atoms with Crippen LogP contribution in [0.4, 0.5) is 0 Å². The summed E-state index contributed by atoms with van der Waals surface area (Å²) in [6.45, 7) is 0.507. The number of pyridine rings is 1. The van der Waals surface area contributed by atoms with Gasteiger partial charge >= 0.3 is 0 Å². The van der Waals surface area contributed by atoms with E-state index in [0.29, 0.717) is 13.0 Å². The van der Waals surface area contributed by atoms with Crippen LogP contribution >= 0.6 is 0 Å². The highest BCUT2D eigenvalue weighted by Gasteiger charge is 2.21. The Morgan fingerprint density at radius 1 is 1.75 bits per heavy atom. The smallest absolute Gasteiger partial charge is 0.0360 e. The molecule has 0 amide bonds. The van der Waals surface area contributed by atoms with Crippen LogP contribution in [0.2, 0.25) is 0 Å². The van der Waals surface area contributed by atoms with Crippen molar-refractivity contribution in [2.75, 3.05) is 13.6 Å². The largest absolute Gasteiger partial charge is 0.299 e. The second-order valence-corrected chi connectivity index (χ2v) is 3.17. The fraction of sp³-hybridized carbons (Fsp3) is 0.500. The molecule has 1 aromatic rings. The molecule has 1 atom stereocenters. The van der Waals surface area contributed by atoms with Crippen molar-refractivity contribution in [3.05, 3.63) is 30.1 Å². The molecule has 2 heterocycles. The van der Waals surface area contributed by atoms with Crippen molar-refractivity contribution in [2.24, 2.45) is 0 Å². The topological polar surface area (TPSA) is 16.1 Å². The van der Waals surface area contributed by atoms with Gasteiger partial charge in [0.05, 0.1) is 0 Å². The molecule has 2 heteroatoms. The molecule has 0 radical (unpaired) electrons. The van der Waals surface area contributed by atoms with Gasteiger partial charge in [-0.2, -0.15) is 0 Å². The molecule has 2 rings (SSSR count). The maximum atomic E-state index is 7.70. The van der Waals surface area contributed by atoms with Crippen molar-refractivity contribution < 1.29 is 2.74 Å². The van der Waals surface area contributed by atoms with Crippen LogP contribution in [0.15, 0.2) is 24.5 Å². The summed E-state index contributed by atoms with van der Waals surface area (Å²) in [5, 5.41) is 0. The van der Waals surface area contributed by atoms with Crippen LogP contribution in [0, 0.1) is 0 Å². The van der Waals surface area contributed by atoms with E-state index in [0.717, 1.165) is 5.56 Å². The SMILES string of the molecule is [3H]C1([3H])C[C@H](c2cccnc2)N(C)C1. The maximum absolute atomic E-state index is 7.70. The summed E-state index contributed by atoms with van der Waals surface area (Å²) in [4.78, 5) is 6.11. The van der Waals surface area contributed by atoms with Crippen molar-refractivity contribution in [3.8, 4) is 0 Å². The fourth-order valence-corrected chi connectivity index (χ4v) is 1.59. The van der Waals surface area contributed by atoms with Crippen LogP contribution in [-0.4, -0.2) is 23.5 Å². The third kappa shape index (κ3) is 1.34. The van der Waals surface area contributed by atoms with Gasteiger partial charge in [0.15, 0.2) is 0 Å². The minimum absolute atomic E-state index is 0.179. The van der Waals surface area contributed by atoms with Gasteiger partial charge < -0.3 is 0 Å². The molecule has 1 aliphatic rings. The third-order valence-corrected chi connectivity index (χ3v) is 2.30. The first-order chi connectivity index (χ1) is 6.58. The molecule has 0 aromatic carbocycles. The van der Waals surface area contributed by atoms with Crippen molar-refractivity contribution >= 4 is 0 Å². The lowest BCUT2D eigenvalue weighted by Crippen LogP contribution is -2.17. The van der Waals surface area contributed by atoms with E-state index in [-0.39, 0.29) is 6.04 Å². The van der Waals surface area contributed by atoms with Crippen molar-refractivity contribution in [3.63, 3.8) is 0 Å². The Morgan fingerprint density at radius 3 is 3.25 bits per heavy atom. The van der Waals surface area contributed by atoms with E-state index in [1.807, 2.05) is 25.4 Å². The highest BCUT2D eigenvalue weighted by Crippen LogP contribution is 2.29. The highest BCUT2D eigenvalue weighted by molar-refractivity contribution is 5.14. The summed E-state index contributed by atoms with van der Waals surface area (Å²) in [6, 6.07) is 4.09. The lowest BCUT2D eigenvalue weighted by atomic mass is 10.1. The Hall–Kier alpha value is -0.890. The molecule has 12 heavy (non-hydrogen) atoms. The molecule has 64 valence electrons. The number of hydrogen-bond acceptors (Lipinski definition) is 2. The van der Waals surface area contributed by atoms with Crippen LogP contribution in [0.3, 0.4) is 0 Å². The second kappa shape index (κ2) is 3.23. The predicted octanol–water partition coefficient (Wildman–Crippen LogP) is 1.85. The molecule has 0 bridgehead atoms. The number of likely N-dealkylation sites (tertiary alicyclic amines) is 1.